The van der Waals surface area contributed by atoms with Crippen LogP contribution in [-0.4, -0.2) is 33.3 Å². The zero-order valence-electron chi connectivity index (χ0n) is 6.79. The van der Waals surface area contributed by atoms with Gasteiger partial charge in [0.2, 0.25) is 0 Å². The van der Waals surface area contributed by atoms with Crippen LogP contribution in [-0.2, 0) is 0 Å². The molecule has 0 N–H and O–H groups in total. The van der Waals surface area contributed by atoms with E-state index in [-0.39, 0.29) is 0 Å². The zero-order valence-corrected chi connectivity index (χ0v) is 11.8. The van der Waals surface area contributed by atoms with Crippen LogP contribution in [0, 0.1) is 0 Å². The van der Waals surface area contributed by atoms with Gasteiger partial charge in [-0.3, -0.25) is 0 Å². The van der Waals surface area contributed by atoms with Crippen LogP contribution in [0.25, 0.3) is 0 Å². The molecule has 0 atom stereocenters. The topological polar surface area (TPSA) is 0 Å². The Morgan fingerprint density at radius 2 is 1.10 bits per heavy atom. The van der Waals surface area contributed by atoms with Crippen LogP contribution in [0.2, 0.25) is 0 Å². The summed E-state index contributed by atoms with van der Waals surface area (Å²) >= 11 is -0.888. The molecule has 0 unspecified atom stereocenters. The van der Waals surface area contributed by atoms with Crippen LogP contribution in [0.4, 0.5) is 0 Å². The van der Waals surface area contributed by atoms with Gasteiger partial charge in [0.05, 0.1) is 0 Å². The van der Waals surface area contributed by atoms with Gasteiger partial charge in [0.15, 0.2) is 0 Å². The van der Waals surface area contributed by atoms with E-state index in [0.717, 1.165) is 0 Å². The van der Waals surface area contributed by atoms with Gasteiger partial charge in [-0.1, -0.05) is 0 Å². The number of hydrogen-bond acceptors (Lipinski definition) is 3. The van der Waals surface area contributed by atoms with Crippen molar-refractivity contribution in [2.45, 2.75) is 20.8 Å². The molecule has 0 fully saturated rings. The predicted molar refractivity (Wildman–Crippen MR) is 60.2 cm³/mol. The standard InChI is InChI=1S/3C2H6S.Sb/c3*1-2-3;/h3*3H,2H2,1H3;/q;;;+3/p-3. The van der Waals surface area contributed by atoms with E-state index in [2.05, 4.69) is 47.3 Å². The van der Waals surface area contributed by atoms with Crippen molar-refractivity contribution in [2.75, 3.05) is 17.3 Å². The predicted octanol–water partition coefficient (Wildman–Crippen LogP) is 3.23. The molecule has 0 aliphatic carbocycles. The van der Waals surface area contributed by atoms with Gasteiger partial charge in [-0.15, -0.1) is 0 Å². The van der Waals surface area contributed by atoms with E-state index in [1.54, 1.807) is 0 Å². The van der Waals surface area contributed by atoms with Crippen LogP contribution in [0.3, 0.4) is 0 Å². The minimum atomic E-state index is -0.888. The molecule has 0 heterocycles. The van der Waals surface area contributed by atoms with Crippen molar-refractivity contribution in [3.05, 3.63) is 0 Å². The summed E-state index contributed by atoms with van der Waals surface area (Å²) in [5.41, 5.74) is 0. The molecule has 0 saturated heterocycles. The summed E-state index contributed by atoms with van der Waals surface area (Å²) in [5, 5.41) is 0. The third-order valence-corrected chi connectivity index (χ3v) is 26.9. The Morgan fingerprint density at radius 3 is 1.30 bits per heavy atom. The maximum absolute atomic E-state index is 2.27. The van der Waals surface area contributed by atoms with Crippen molar-refractivity contribution in [2.24, 2.45) is 0 Å². The first-order valence-electron chi connectivity index (χ1n) is 3.54. The van der Waals surface area contributed by atoms with E-state index in [9.17, 15) is 0 Å². The second kappa shape index (κ2) is 8.96. The SMILES string of the molecule is CC[S][Sb]([S]CC)[S]CC. The number of hydrogen-bond donors (Lipinski definition) is 0. The minimum absolute atomic E-state index is 0.888. The van der Waals surface area contributed by atoms with E-state index in [1.807, 2.05) is 0 Å². The molecule has 0 amide bonds. The fraction of sp³-hybridized carbons (Fsp3) is 1.00. The molecule has 0 nitrogen and oxygen atoms in total. The normalized spacial score (nSPS) is 10.8. The Balaban J connectivity index is 3.30. The van der Waals surface area contributed by atoms with Crippen molar-refractivity contribution in [3.8, 4) is 0 Å². The molecule has 0 rings (SSSR count). The molecular weight excluding hydrogens is 290 g/mol. The van der Waals surface area contributed by atoms with Crippen molar-refractivity contribution in [1.29, 1.82) is 0 Å². The molecule has 4 heteroatoms. The Hall–Kier alpha value is 1.87. The molecule has 0 aromatic rings. The van der Waals surface area contributed by atoms with Crippen LogP contribution in [0.15, 0.2) is 0 Å². The third kappa shape index (κ3) is 6.57. The van der Waals surface area contributed by atoms with Crippen molar-refractivity contribution < 1.29 is 0 Å². The van der Waals surface area contributed by atoms with Gasteiger partial charge < -0.3 is 0 Å². The third-order valence-electron chi connectivity index (χ3n) is 0.704. The average molecular weight is 305 g/mol. The van der Waals surface area contributed by atoms with Crippen LogP contribution in [0.1, 0.15) is 20.8 Å². The Kier molecular flexibility index (Phi) is 10.6. The Morgan fingerprint density at radius 1 is 0.800 bits per heavy atom. The van der Waals surface area contributed by atoms with Crippen LogP contribution < -0.4 is 0 Å². The average Bonchev–Trinajstić information content (AvgIpc) is 1.90. The summed E-state index contributed by atoms with van der Waals surface area (Å²) in [6.45, 7) is 6.82. The number of rotatable bonds is 6. The van der Waals surface area contributed by atoms with Crippen LogP contribution in [0.5, 0.6) is 0 Å². The summed E-state index contributed by atoms with van der Waals surface area (Å²) < 4.78 is 0. The second-order valence-electron chi connectivity index (χ2n) is 1.48. The summed E-state index contributed by atoms with van der Waals surface area (Å²) in [6.07, 6.45) is 0. The summed E-state index contributed by atoms with van der Waals surface area (Å²) in [4.78, 5) is 0. The molecule has 0 saturated carbocycles. The molecule has 0 bridgehead atoms. The molecule has 0 aromatic heterocycles. The molecule has 0 aromatic carbocycles. The van der Waals surface area contributed by atoms with Crippen molar-refractivity contribution >= 4 is 42.6 Å². The summed E-state index contributed by atoms with van der Waals surface area (Å²) in [7, 11) is 6.70. The second-order valence-corrected chi connectivity index (χ2v) is 23.9. The first-order valence-corrected chi connectivity index (χ1v) is 15.7. The van der Waals surface area contributed by atoms with Gasteiger partial charge in [-0.25, -0.2) is 0 Å². The van der Waals surface area contributed by atoms with Gasteiger partial charge in [-0.2, -0.15) is 0 Å². The van der Waals surface area contributed by atoms with Crippen molar-refractivity contribution in [1.82, 2.24) is 0 Å². The van der Waals surface area contributed by atoms with Gasteiger partial charge in [0.25, 0.3) is 0 Å². The quantitative estimate of drug-likeness (QED) is 0.692. The molecule has 0 spiro atoms. The molecule has 0 aliphatic rings. The first kappa shape index (κ1) is 11.9. The molecule has 62 valence electrons. The fourth-order valence-electron chi connectivity index (χ4n) is 0.428. The zero-order chi connectivity index (χ0) is 7.82. The van der Waals surface area contributed by atoms with E-state index in [1.165, 1.54) is 17.3 Å². The molecular formula is C6H15S3Sb. The van der Waals surface area contributed by atoms with Gasteiger partial charge in [0.1, 0.15) is 0 Å². The maximum atomic E-state index is 2.27. The monoisotopic (exact) mass is 304 g/mol. The van der Waals surface area contributed by atoms with Crippen LogP contribution >= 0.6 is 26.5 Å². The summed E-state index contributed by atoms with van der Waals surface area (Å²) in [6, 6.07) is 0. The molecule has 10 heavy (non-hydrogen) atoms. The van der Waals surface area contributed by atoms with Gasteiger partial charge in [-0.05, 0) is 0 Å². The van der Waals surface area contributed by atoms with Crippen molar-refractivity contribution in [3.63, 3.8) is 0 Å². The molecule has 0 radical (unpaired) electrons. The fourth-order valence-corrected chi connectivity index (χ4v) is 25.8. The van der Waals surface area contributed by atoms with E-state index in [4.69, 9.17) is 0 Å². The molecule has 0 aliphatic heterocycles. The van der Waals surface area contributed by atoms with Gasteiger partial charge >= 0.3 is 80.6 Å². The Bertz CT molecular complexity index is 55.7. The van der Waals surface area contributed by atoms with E-state index < -0.39 is 16.0 Å². The van der Waals surface area contributed by atoms with E-state index >= 15 is 0 Å². The Labute approximate surface area is 79.9 Å². The summed E-state index contributed by atoms with van der Waals surface area (Å²) in [5.74, 6) is 3.97. The van der Waals surface area contributed by atoms with Gasteiger partial charge in [0, 0.05) is 0 Å². The van der Waals surface area contributed by atoms with E-state index in [0.29, 0.717) is 0 Å². The first-order chi connectivity index (χ1) is 4.85.